The maximum atomic E-state index is 13.1. The number of aryl methyl sites for hydroxylation is 1. The van der Waals surface area contributed by atoms with Crippen LogP contribution >= 0.6 is 0 Å². The van der Waals surface area contributed by atoms with Crippen molar-refractivity contribution in [3.8, 4) is 11.4 Å². The maximum absolute atomic E-state index is 13.1. The van der Waals surface area contributed by atoms with Gasteiger partial charge in [-0.1, -0.05) is 35.0 Å². The van der Waals surface area contributed by atoms with Crippen LogP contribution in [-0.2, 0) is 0 Å². The molecule has 2 heterocycles. The fourth-order valence-corrected chi connectivity index (χ4v) is 3.22. The lowest BCUT2D eigenvalue weighted by Gasteiger charge is -2.21. The van der Waals surface area contributed by atoms with Crippen molar-refractivity contribution in [2.75, 3.05) is 6.54 Å². The SMILES string of the molecule is Cc1ccc(-c2noc(C3CCCN3C(=O)c3ccc(F)cc3)n2)cc1. The molecular weight excluding hydrogens is 333 g/mol. The highest BCUT2D eigenvalue weighted by atomic mass is 19.1. The third-order valence-electron chi connectivity index (χ3n) is 4.64. The number of benzene rings is 2. The van der Waals surface area contributed by atoms with Gasteiger partial charge in [-0.25, -0.2) is 4.39 Å². The molecule has 0 bridgehead atoms. The van der Waals surface area contributed by atoms with Gasteiger partial charge in [0.2, 0.25) is 11.7 Å². The molecule has 0 N–H and O–H groups in total. The van der Waals surface area contributed by atoms with Gasteiger partial charge in [-0.05, 0) is 44.0 Å². The van der Waals surface area contributed by atoms with Crippen LogP contribution in [0.5, 0.6) is 0 Å². The van der Waals surface area contributed by atoms with Crippen LogP contribution in [0.3, 0.4) is 0 Å². The van der Waals surface area contributed by atoms with Gasteiger partial charge in [0.05, 0.1) is 0 Å². The van der Waals surface area contributed by atoms with Crippen molar-refractivity contribution in [3.05, 3.63) is 71.4 Å². The molecule has 0 aliphatic carbocycles. The summed E-state index contributed by atoms with van der Waals surface area (Å²) in [6.07, 6.45) is 1.63. The minimum atomic E-state index is -0.362. The van der Waals surface area contributed by atoms with E-state index in [-0.39, 0.29) is 17.8 Å². The van der Waals surface area contributed by atoms with Gasteiger partial charge in [0.15, 0.2) is 0 Å². The average Bonchev–Trinajstić information content (AvgIpc) is 3.31. The second-order valence-corrected chi connectivity index (χ2v) is 6.49. The first-order valence-electron chi connectivity index (χ1n) is 8.59. The quantitative estimate of drug-likeness (QED) is 0.711. The number of nitrogens with zero attached hydrogens (tertiary/aromatic N) is 3. The van der Waals surface area contributed by atoms with Crippen LogP contribution in [0.25, 0.3) is 11.4 Å². The summed E-state index contributed by atoms with van der Waals surface area (Å²) in [6, 6.07) is 13.2. The van der Waals surface area contributed by atoms with Crippen LogP contribution in [-0.4, -0.2) is 27.5 Å². The van der Waals surface area contributed by atoms with Gasteiger partial charge in [-0.2, -0.15) is 4.98 Å². The van der Waals surface area contributed by atoms with Gasteiger partial charge >= 0.3 is 0 Å². The fraction of sp³-hybridized carbons (Fsp3) is 0.250. The molecule has 26 heavy (non-hydrogen) atoms. The van der Waals surface area contributed by atoms with E-state index in [2.05, 4.69) is 10.1 Å². The molecule has 5 nitrogen and oxygen atoms in total. The number of likely N-dealkylation sites (tertiary alicyclic amines) is 1. The minimum absolute atomic E-state index is 0.150. The molecule has 1 saturated heterocycles. The first-order chi connectivity index (χ1) is 12.6. The Hall–Kier alpha value is -3.02. The monoisotopic (exact) mass is 351 g/mol. The van der Waals surface area contributed by atoms with E-state index >= 15 is 0 Å². The Morgan fingerprint density at radius 3 is 2.62 bits per heavy atom. The number of hydrogen-bond donors (Lipinski definition) is 0. The number of aromatic nitrogens is 2. The van der Waals surface area contributed by atoms with Crippen molar-refractivity contribution in [3.63, 3.8) is 0 Å². The van der Waals surface area contributed by atoms with E-state index in [1.54, 1.807) is 4.90 Å². The van der Waals surface area contributed by atoms with E-state index in [1.165, 1.54) is 24.3 Å². The van der Waals surface area contributed by atoms with Gasteiger partial charge in [-0.15, -0.1) is 0 Å². The lowest BCUT2D eigenvalue weighted by molar-refractivity contribution is 0.0710. The Bertz CT molecular complexity index is 919. The molecule has 1 unspecified atom stereocenters. The molecule has 6 heteroatoms. The third kappa shape index (κ3) is 3.10. The number of carbonyl (C=O) groups is 1. The van der Waals surface area contributed by atoms with Crippen molar-refractivity contribution in [1.29, 1.82) is 0 Å². The Kier molecular flexibility index (Phi) is 4.24. The van der Waals surface area contributed by atoms with Crippen molar-refractivity contribution in [2.24, 2.45) is 0 Å². The summed E-state index contributed by atoms with van der Waals surface area (Å²) >= 11 is 0. The molecule has 0 radical (unpaired) electrons. The Morgan fingerprint density at radius 2 is 1.88 bits per heavy atom. The van der Waals surface area contributed by atoms with Crippen LogP contribution in [0.4, 0.5) is 4.39 Å². The number of amides is 1. The highest BCUT2D eigenvalue weighted by molar-refractivity contribution is 5.94. The molecule has 1 atom stereocenters. The number of hydrogen-bond acceptors (Lipinski definition) is 4. The second kappa shape index (κ2) is 6.71. The van der Waals surface area contributed by atoms with Gasteiger partial charge in [0.25, 0.3) is 5.91 Å². The normalized spacial score (nSPS) is 16.8. The minimum Gasteiger partial charge on any atom is -0.337 e. The summed E-state index contributed by atoms with van der Waals surface area (Å²) in [5, 5.41) is 4.07. The summed E-state index contributed by atoms with van der Waals surface area (Å²) in [5.41, 5.74) is 2.49. The van der Waals surface area contributed by atoms with Gasteiger partial charge in [0.1, 0.15) is 11.9 Å². The van der Waals surface area contributed by atoms with Crippen molar-refractivity contribution in [1.82, 2.24) is 15.0 Å². The number of halogens is 1. The van der Waals surface area contributed by atoms with Gasteiger partial charge < -0.3 is 9.42 Å². The summed E-state index contributed by atoms with van der Waals surface area (Å²) in [4.78, 5) is 19.0. The largest absolute Gasteiger partial charge is 0.337 e. The molecule has 0 saturated carbocycles. The molecule has 1 aromatic heterocycles. The standard InChI is InChI=1S/C20H18FN3O2/c1-13-4-6-14(7-5-13)18-22-19(26-23-18)17-3-2-12-24(17)20(25)15-8-10-16(21)11-9-15/h4-11,17H,2-3,12H2,1H3. The van der Waals surface area contributed by atoms with Crippen LogP contribution in [0.15, 0.2) is 53.1 Å². The van der Waals surface area contributed by atoms with Crippen LogP contribution in [0, 0.1) is 12.7 Å². The van der Waals surface area contributed by atoms with E-state index < -0.39 is 0 Å². The number of rotatable bonds is 3. The smallest absolute Gasteiger partial charge is 0.254 e. The molecule has 132 valence electrons. The van der Waals surface area contributed by atoms with E-state index in [0.29, 0.717) is 23.8 Å². The molecule has 1 aliphatic rings. The Labute approximate surface area is 150 Å². The zero-order valence-electron chi connectivity index (χ0n) is 14.4. The molecule has 2 aromatic carbocycles. The molecule has 4 rings (SSSR count). The van der Waals surface area contributed by atoms with E-state index in [4.69, 9.17) is 4.52 Å². The molecule has 1 fully saturated rings. The maximum Gasteiger partial charge on any atom is 0.254 e. The Balaban J connectivity index is 1.58. The molecule has 1 amide bonds. The zero-order valence-corrected chi connectivity index (χ0v) is 14.4. The summed E-state index contributed by atoms with van der Waals surface area (Å²) < 4.78 is 18.6. The summed E-state index contributed by atoms with van der Waals surface area (Å²) in [7, 11) is 0. The molecule has 1 aliphatic heterocycles. The summed E-state index contributed by atoms with van der Waals surface area (Å²) in [6.45, 7) is 2.63. The van der Waals surface area contributed by atoms with Crippen molar-refractivity contribution in [2.45, 2.75) is 25.8 Å². The highest BCUT2D eigenvalue weighted by Gasteiger charge is 2.34. The van der Waals surface area contributed by atoms with E-state index in [0.717, 1.165) is 24.0 Å². The second-order valence-electron chi connectivity index (χ2n) is 6.49. The molecule has 0 spiro atoms. The van der Waals surface area contributed by atoms with Gasteiger partial charge in [-0.3, -0.25) is 4.79 Å². The summed E-state index contributed by atoms with van der Waals surface area (Å²) in [5.74, 6) is 0.441. The van der Waals surface area contributed by atoms with Crippen LogP contribution in [0.2, 0.25) is 0 Å². The predicted molar refractivity (Wildman–Crippen MR) is 93.9 cm³/mol. The Morgan fingerprint density at radius 1 is 1.15 bits per heavy atom. The van der Waals surface area contributed by atoms with Crippen molar-refractivity contribution >= 4 is 5.91 Å². The lowest BCUT2D eigenvalue weighted by Crippen LogP contribution is -2.30. The fourth-order valence-electron chi connectivity index (χ4n) is 3.22. The lowest BCUT2D eigenvalue weighted by atomic mass is 10.1. The highest BCUT2D eigenvalue weighted by Crippen LogP contribution is 2.33. The first kappa shape index (κ1) is 16.4. The first-order valence-corrected chi connectivity index (χ1v) is 8.59. The van der Waals surface area contributed by atoms with Crippen LogP contribution < -0.4 is 0 Å². The zero-order chi connectivity index (χ0) is 18.1. The van der Waals surface area contributed by atoms with Crippen molar-refractivity contribution < 1.29 is 13.7 Å². The van der Waals surface area contributed by atoms with Gasteiger partial charge in [0, 0.05) is 17.7 Å². The van der Waals surface area contributed by atoms with Crippen LogP contribution in [0.1, 0.15) is 40.7 Å². The third-order valence-corrected chi connectivity index (χ3v) is 4.64. The molecular formula is C20H18FN3O2. The average molecular weight is 351 g/mol. The predicted octanol–water partition coefficient (Wildman–Crippen LogP) is 4.16. The number of carbonyl (C=O) groups excluding carboxylic acids is 1. The topological polar surface area (TPSA) is 59.2 Å². The van der Waals surface area contributed by atoms with E-state index in [1.807, 2.05) is 31.2 Å². The molecule has 3 aromatic rings. The van der Waals surface area contributed by atoms with E-state index in [9.17, 15) is 9.18 Å².